The average molecular weight is 204 g/mol. The summed E-state index contributed by atoms with van der Waals surface area (Å²) in [5, 5.41) is 20.3. The second-order valence-corrected chi connectivity index (χ2v) is 3.18. The number of anilines is 1. The standard InChI is InChI=1S/C11H12N2O2/c1-8-3-2-4-10(9(8)7-12)13-6-5-11(14)15/h2-4,13H,5-6H2,1H3,(H,14,15). The Kier molecular flexibility index (Phi) is 3.69. The molecule has 0 aliphatic rings. The average Bonchev–Trinajstić information content (AvgIpc) is 2.17. The van der Waals surface area contributed by atoms with Gasteiger partial charge in [-0.3, -0.25) is 4.79 Å². The van der Waals surface area contributed by atoms with Gasteiger partial charge in [-0.1, -0.05) is 12.1 Å². The lowest BCUT2D eigenvalue weighted by Gasteiger charge is -2.08. The summed E-state index contributed by atoms with van der Waals surface area (Å²) < 4.78 is 0. The van der Waals surface area contributed by atoms with E-state index in [1.165, 1.54) is 0 Å². The van der Waals surface area contributed by atoms with Gasteiger partial charge in [0.15, 0.2) is 0 Å². The molecule has 0 saturated carbocycles. The molecule has 0 fully saturated rings. The highest BCUT2D eigenvalue weighted by Gasteiger charge is 2.04. The van der Waals surface area contributed by atoms with E-state index < -0.39 is 5.97 Å². The molecular formula is C11H12N2O2. The summed E-state index contributed by atoms with van der Waals surface area (Å²) >= 11 is 0. The van der Waals surface area contributed by atoms with Crippen molar-refractivity contribution in [3.8, 4) is 6.07 Å². The molecule has 1 aromatic carbocycles. The Balaban J connectivity index is 2.73. The van der Waals surface area contributed by atoms with Crippen molar-refractivity contribution in [3.05, 3.63) is 29.3 Å². The topological polar surface area (TPSA) is 73.1 Å². The molecule has 2 N–H and O–H groups in total. The fourth-order valence-electron chi connectivity index (χ4n) is 1.27. The number of aryl methyl sites for hydroxylation is 1. The summed E-state index contributed by atoms with van der Waals surface area (Å²) in [6, 6.07) is 7.54. The zero-order valence-electron chi connectivity index (χ0n) is 8.45. The fraction of sp³-hybridized carbons (Fsp3) is 0.273. The van der Waals surface area contributed by atoms with Crippen LogP contribution in [0, 0.1) is 18.3 Å². The van der Waals surface area contributed by atoms with Gasteiger partial charge in [0.2, 0.25) is 0 Å². The summed E-state index contributed by atoms with van der Waals surface area (Å²) in [5.74, 6) is -0.853. The molecule has 1 rings (SSSR count). The zero-order chi connectivity index (χ0) is 11.3. The molecule has 0 atom stereocenters. The first-order valence-corrected chi connectivity index (χ1v) is 4.60. The minimum absolute atomic E-state index is 0.0405. The second-order valence-electron chi connectivity index (χ2n) is 3.18. The number of carboxylic acid groups (broad SMARTS) is 1. The molecule has 0 spiro atoms. The smallest absolute Gasteiger partial charge is 0.305 e. The number of nitrogens with one attached hydrogen (secondary N) is 1. The van der Waals surface area contributed by atoms with Gasteiger partial charge in [-0.15, -0.1) is 0 Å². The summed E-state index contributed by atoms with van der Waals surface area (Å²) in [4.78, 5) is 10.3. The first-order valence-electron chi connectivity index (χ1n) is 4.60. The molecule has 0 bridgehead atoms. The van der Waals surface area contributed by atoms with E-state index in [1.54, 1.807) is 6.07 Å². The van der Waals surface area contributed by atoms with E-state index in [1.807, 2.05) is 19.1 Å². The molecule has 0 amide bonds. The molecule has 0 saturated heterocycles. The molecule has 0 unspecified atom stereocenters. The number of benzene rings is 1. The van der Waals surface area contributed by atoms with E-state index in [2.05, 4.69) is 11.4 Å². The Morgan fingerprint density at radius 2 is 2.33 bits per heavy atom. The Hall–Kier alpha value is -2.02. The third kappa shape index (κ3) is 2.99. The molecule has 78 valence electrons. The lowest BCUT2D eigenvalue weighted by Crippen LogP contribution is -2.08. The van der Waals surface area contributed by atoms with Gasteiger partial charge in [0.1, 0.15) is 6.07 Å². The van der Waals surface area contributed by atoms with Gasteiger partial charge < -0.3 is 10.4 Å². The monoisotopic (exact) mass is 204 g/mol. The van der Waals surface area contributed by atoms with E-state index >= 15 is 0 Å². The number of rotatable bonds is 4. The number of carboxylic acids is 1. The minimum Gasteiger partial charge on any atom is -0.481 e. The Labute approximate surface area is 88.2 Å². The summed E-state index contributed by atoms with van der Waals surface area (Å²) in [7, 11) is 0. The molecular weight excluding hydrogens is 192 g/mol. The summed E-state index contributed by atoms with van der Waals surface area (Å²) in [5.41, 5.74) is 2.15. The Morgan fingerprint density at radius 1 is 1.60 bits per heavy atom. The second kappa shape index (κ2) is 5.01. The van der Waals surface area contributed by atoms with Crippen LogP contribution in [0.25, 0.3) is 0 Å². The highest BCUT2D eigenvalue weighted by Crippen LogP contribution is 2.17. The minimum atomic E-state index is -0.853. The third-order valence-corrected chi connectivity index (χ3v) is 2.04. The molecule has 0 aliphatic heterocycles. The highest BCUT2D eigenvalue weighted by atomic mass is 16.4. The van der Waals surface area contributed by atoms with Crippen LogP contribution >= 0.6 is 0 Å². The molecule has 4 heteroatoms. The van der Waals surface area contributed by atoms with Gasteiger partial charge in [0, 0.05) is 6.54 Å². The van der Waals surface area contributed by atoms with Gasteiger partial charge in [-0.05, 0) is 18.6 Å². The van der Waals surface area contributed by atoms with Crippen molar-refractivity contribution in [1.82, 2.24) is 0 Å². The quantitative estimate of drug-likeness (QED) is 0.783. The van der Waals surface area contributed by atoms with Crippen molar-refractivity contribution >= 4 is 11.7 Å². The van der Waals surface area contributed by atoms with Crippen molar-refractivity contribution in [2.75, 3.05) is 11.9 Å². The number of hydrogen-bond acceptors (Lipinski definition) is 3. The molecule has 0 aromatic heterocycles. The van der Waals surface area contributed by atoms with Crippen LogP contribution in [0.1, 0.15) is 17.5 Å². The van der Waals surface area contributed by atoms with Gasteiger partial charge in [-0.2, -0.15) is 5.26 Å². The van der Waals surface area contributed by atoms with Gasteiger partial charge >= 0.3 is 5.97 Å². The maximum absolute atomic E-state index is 10.3. The van der Waals surface area contributed by atoms with E-state index in [0.717, 1.165) is 5.56 Å². The molecule has 0 aliphatic carbocycles. The maximum atomic E-state index is 10.3. The molecule has 0 radical (unpaired) electrons. The number of nitriles is 1. The molecule has 4 nitrogen and oxygen atoms in total. The zero-order valence-corrected chi connectivity index (χ0v) is 8.45. The Morgan fingerprint density at radius 3 is 2.93 bits per heavy atom. The van der Waals surface area contributed by atoms with Crippen molar-refractivity contribution in [3.63, 3.8) is 0 Å². The van der Waals surface area contributed by atoms with Crippen LogP contribution < -0.4 is 5.32 Å². The Bertz CT molecular complexity index is 408. The SMILES string of the molecule is Cc1cccc(NCCC(=O)O)c1C#N. The van der Waals surface area contributed by atoms with E-state index in [4.69, 9.17) is 10.4 Å². The predicted molar refractivity (Wildman–Crippen MR) is 56.6 cm³/mol. The van der Waals surface area contributed by atoms with Crippen molar-refractivity contribution in [2.45, 2.75) is 13.3 Å². The van der Waals surface area contributed by atoms with E-state index in [9.17, 15) is 4.79 Å². The summed E-state index contributed by atoms with van der Waals surface area (Å²) in [6.07, 6.45) is 0.0405. The largest absolute Gasteiger partial charge is 0.481 e. The highest BCUT2D eigenvalue weighted by molar-refractivity contribution is 5.68. The lowest BCUT2D eigenvalue weighted by molar-refractivity contribution is -0.136. The fourth-order valence-corrected chi connectivity index (χ4v) is 1.27. The number of nitrogens with zero attached hydrogens (tertiary/aromatic N) is 1. The van der Waals surface area contributed by atoms with Crippen LogP contribution in [0.15, 0.2) is 18.2 Å². The first kappa shape index (κ1) is 11.1. The van der Waals surface area contributed by atoms with E-state index in [-0.39, 0.29) is 6.42 Å². The molecule has 0 heterocycles. The van der Waals surface area contributed by atoms with Crippen LogP contribution in [0.5, 0.6) is 0 Å². The normalized spacial score (nSPS) is 9.33. The molecule has 1 aromatic rings. The maximum Gasteiger partial charge on any atom is 0.305 e. The van der Waals surface area contributed by atoms with Crippen molar-refractivity contribution in [2.24, 2.45) is 0 Å². The lowest BCUT2D eigenvalue weighted by atomic mass is 10.1. The van der Waals surface area contributed by atoms with Gasteiger partial charge in [0.25, 0.3) is 0 Å². The van der Waals surface area contributed by atoms with Gasteiger partial charge in [-0.25, -0.2) is 0 Å². The van der Waals surface area contributed by atoms with Crippen LogP contribution in [-0.2, 0) is 4.79 Å². The predicted octanol–water partition coefficient (Wildman–Crippen LogP) is 1.75. The molecule has 15 heavy (non-hydrogen) atoms. The van der Waals surface area contributed by atoms with Crippen LogP contribution in [0.2, 0.25) is 0 Å². The third-order valence-electron chi connectivity index (χ3n) is 2.04. The summed E-state index contributed by atoms with van der Waals surface area (Å²) in [6.45, 7) is 2.17. The number of hydrogen-bond donors (Lipinski definition) is 2. The van der Waals surface area contributed by atoms with E-state index in [0.29, 0.717) is 17.8 Å². The van der Waals surface area contributed by atoms with Crippen molar-refractivity contribution < 1.29 is 9.90 Å². The number of aliphatic carboxylic acids is 1. The van der Waals surface area contributed by atoms with Crippen LogP contribution in [-0.4, -0.2) is 17.6 Å². The van der Waals surface area contributed by atoms with Crippen LogP contribution in [0.4, 0.5) is 5.69 Å². The number of carbonyl (C=O) groups is 1. The van der Waals surface area contributed by atoms with Crippen LogP contribution in [0.3, 0.4) is 0 Å². The first-order chi connectivity index (χ1) is 7.15. The van der Waals surface area contributed by atoms with Crippen molar-refractivity contribution in [1.29, 1.82) is 5.26 Å². The van der Waals surface area contributed by atoms with Gasteiger partial charge in [0.05, 0.1) is 17.7 Å².